The summed E-state index contributed by atoms with van der Waals surface area (Å²) < 4.78 is 1.57. The predicted octanol–water partition coefficient (Wildman–Crippen LogP) is 3.72. The van der Waals surface area contributed by atoms with Gasteiger partial charge in [-0.15, -0.1) is 0 Å². The Labute approximate surface area is 199 Å². The van der Waals surface area contributed by atoms with Crippen molar-refractivity contribution in [2.45, 2.75) is 46.1 Å². The quantitative estimate of drug-likeness (QED) is 0.353. The van der Waals surface area contributed by atoms with Crippen LogP contribution >= 0.6 is 0 Å². The van der Waals surface area contributed by atoms with Crippen LogP contribution in [0.4, 0.5) is 5.69 Å². The van der Waals surface area contributed by atoms with Crippen LogP contribution in [0.2, 0.25) is 0 Å². The topological polar surface area (TPSA) is 100 Å². The molecule has 0 aliphatic heterocycles. The number of carbonyl (C=O) groups excluding carboxylic acids is 2. The molecule has 0 aliphatic rings. The zero-order valence-electron chi connectivity index (χ0n) is 20.3. The van der Waals surface area contributed by atoms with E-state index in [9.17, 15) is 14.4 Å². The summed E-state index contributed by atoms with van der Waals surface area (Å²) in [5.41, 5.74) is 3.96. The molecule has 3 aromatic heterocycles. The summed E-state index contributed by atoms with van der Waals surface area (Å²) in [6.45, 7) is 4.71. The van der Waals surface area contributed by atoms with Crippen molar-refractivity contribution in [3.05, 3.63) is 70.4 Å². The molecule has 0 spiro atoms. The van der Waals surface area contributed by atoms with Crippen molar-refractivity contribution in [2.24, 2.45) is 5.92 Å². The third-order valence-electron chi connectivity index (χ3n) is 5.40. The number of nitrogens with one attached hydrogen (secondary N) is 2. The minimum atomic E-state index is -0.263. The monoisotopic (exact) mass is 463 g/mol. The number of H-pyrrole nitrogens is 1. The van der Waals surface area contributed by atoms with Crippen molar-refractivity contribution in [2.75, 3.05) is 19.4 Å². The Hall–Kier alpha value is -3.68. The van der Waals surface area contributed by atoms with Crippen molar-refractivity contribution in [3.63, 3.8) is 0 Å². The summed E-state index contributed by atoms with van der Waals surface area (Å²) in [6.07, 6.45) is 9.19. The van der Waals surface area contributed by atoms with Crippen LogP contribution in [0.15, 0.2) is 53.6 Å². The molecule has 0 atom stereocenters. The first-order valence-corrected chi connectivity index (χ1v) is 11.6. The number of fused-ring (bicyclic) bond motifs is 1. The number of rotatable bonds is 10. The van der Waals surface area contributed by atoms with Gasteiger partial charge in [0.05, 0.1) is 17.6 Å². The fraction of sp³-hybridized carbons (Fsp3) is 0.385. The average molecular weight is 464 g/mol. The Balaban J connectivity index is 1.63. The van der Waals surface area contributed by atoms with E-state index in [2.05, 4.69) is 29.1 Å². The molecule has 3 aromatic rings. The minimum absolute atomic E-state index is 0.0869. The lowest BCUT2D eigenvalue weighted by atomic mass is 10.0. The van der Waals surface area contributed by atoms with E-state index in [4.69, 9.17) is 0 Å². The highest BCUT2D eigenvalue weighted by atomic mass is 16.2. The molecule has 34 heavy (non-hydrogen) atoms. The smallest absolute Gasteiger partial charge is 0.274 e. The zero-order valence-corrected chi connectivity index (χ0v) is 20.3. The first kappa shape index (κ1) is 25.0. The van der Waals surface area contributed by atoms with Crippen molar-refractivity contribution in [1.29, 1.82) is 0 Å². The maximum atomic E-state index is 12.9. The largest absolute Gasteiger partial charge is 0.355 e. The van der Waals surface area contributed by atoms with Crippen LogP contribution < -0.4 is 10.9 Å². The number of pyridine rings is 2. The van der Waals surface area contributed by atoms with Crippen LogP contribution in [0.5, 0.6) is 0 Å². The van der Waals surface area contributed by atoms with E-state index in [0.29, 0.717) is 25.3 Å². The number of likely N-dealkylation sites (N-methyl/N-ethyl adjacent to an activating group) is 1. The van der Waals surface area contributed by atoms with Crippen LogP contribution in [0.3, 0.4) is 0 Å². The summed E-state index contributed by atoms with van der Waals surface area (Å²) in [4.78, 5) is 46.1. The molecule has 8 heteroatoms. The van der Waals surface area contributed by atoms with Crippen molar-refractivity contribution >= 4 is 28.5 Å². The van der Waals surface area contributed by atoms with Gasteiger partial charge in [-0.05, 0) is 61.1 Å². The van der Waals surface area contributed by atoms with Crippen molar-refractivity contribution in [1.82, 2.24) is 19.4 Å². The van der Waals surface area contributed by atoms with Crippen LogP contribution in [-0.2, 0) is 22.6 Å². The predicted molar refractivity (Wildman–Crippen MR) is 135 cm³/mol. The number of aromatic nitrogens is 3. The van der Waals surface area contributed by atoms with Gasteiger partial charge in [-0.25, -0.2) is 0 Å². The summed E-state index contributed by atoms with van der Waals surface area (Å²) >= 11 is 0. The maximum absolute atomic E-state index is 12.9. The molecular formula is C26H33N5O3. The standard InChI is InChI=1S/C26H33N5O3/c1-18(2)15-19-12-13-27-22-16-20(28-25(19)22)17-31-14-8-9-21(26(31)34)29-23(32)10-6-5-7-11-24(33)30(3)4/h7-9,11-14,16,18,28H,5-6,10,15,17H2,1-4H3,(H,29,32)/b11-7+. The van der Waals surface area contributed by atoms with E-state index >= 15 is 0 Å². The summed E-state index contributed by atoms with van der Waals surface area (Å²) in [5, 5.41) is 2.72. The van der Waals surface area contributed by atoms with Gasteiger partial charge in [0.1, 0.15) is 5.69 Å². The summed E-state index contributed by atoms with van der Waals surface area (Å²) in [7, 11) is 3.37. The number of hydrogen-bond donors (Lipinski definition) is 2. The number of unbranched alkanes of at least 4 members (excludes halogenated alkanes) is 1. The van der Waals surface area contributed by atoms with Gasteiger partial charge in [-0.3, -0.25) is 19.4 Å². The van der Waals surface area contributed by atoms with E-state index in [1.807, 2.05) is 18.3 Å². The lowest BCUT2D eigenvalue weighted by Crippen LogP contribution is -2.25. The molecule has 0 radical (unpaired) electrons. The first-order valence-electron chi connectivity index (χ1n) is 11.6. The second kappa shape index (κ2) is 11.4. The Morgan fingerprint density at radius 3 is 2.79 bits per heavy atom. The molecule has 0 unspecified atom stereocenters. The lowest BCUT2D eigenvalue weighted by Gasteiger charge is -2.09. The number of allylic oxidation sites excluding steroid dienone is 1. The minimum Gasteiger partial charge on any atom is -0.355 e. The van der Waals surface area contributed by atoms with Crippen molar-refractivity contribution in [3.8, 4) is 0 Å². The molecule has 0 aliphatic carbocycles. The Morgan fingerprint density at radius 1 is 1.26 bits per heavy atom. The maximum Gasteiger partial charge on any atom is 0.274 e. The van der Waals surface area contributed by atoms with Crippen molar-refractivity contribution < 1.29 is 9.59 Å². The average Bonchev–Trinajstić information content (AvgIpc) is 3.19. The molecular weight excluding hydrogens is 430 g/mol. The molecule has 0 aromatic carbocycles. The molecule has 180 valence electrons. The Bertz CT molecular complexity index is 1240. The Morgan fingerprint density at radius 2 is 2.06 bits per heavy atom. The van der Waals surface area contributed by atoms with E-state index < -0.39 is 0 Å². The van der Waals surface area contributed by atoms with E-state index in [1.165, 1.54) is 16.5 Å². The number of carbonyl (C=O) groups is 2. The fourth-order valence-corrected chi connectivity index (χ4v) is 3.70. The van der Waals surface area contributed by atoms with Gasteiger partial charge in [0.2, 0.25) is 11.8 Å². The van der Waals surface area contributed by atoms with Gasteiger partial charge in [-0.2, -0.15) is 0 Å². The summed E-state index contributed by atoms with van der Waals surface area (Å²) in [6, 6.07) is 7.35. The number of aromatic amines is 1. The molecule has 0 bridgehead atoms. The van der Waals surface area contributed by atoms with Gasteiger partial charge < -0.3 is 19.8 Å². The number of hydrogen-bond acceptors (Lipinski definition) is 4. The SMILES string of the molecule is CC(C)Cc1ccnc2cc(Cn3cccc(NC(=O)CCC/C=C/C(=O)N(C)C)c3=O)[nH]c12. The summed E-state index contributed by atoms with van der Waals surface area (Å²) in [5.74, 6) is 0.211. The second-order valence-corrected chi connectivity index (χ2v) is 9.05. The fourth-order valence-electron chi connectivity index (χ4n) is 3.70. The molecule has 0 saturated heterocycles. The number of nitrogens with zero attached hydrogens (tertiary/aromatic N) is 3. The lowest BCUT2D eigenvalue weighted by molar-refractivity contribution is -0.123. The molecule has 3 rings (SSSR count). The molecule has 0 saturated carbocycles. The van der Waals surface area contributed by atoms with Crippen LogP contribution in [0.1, 0.15) is 44.4 Å². The van der Waals surface area contributed by atoms with Gasteiger partial charge in [0.15, 0.2) is 0 Å². The molecule has 8 nitrogen and oxygen atoms in total. The molecule has 2 amide bonds. The highest BCUT2D eigenvalue weighted by Crippen LogP contribution is 2.20. The molecule has 3 heterocycles. The van der Waals surface area contributed by atoms with E-state index in [-0.39, 0.29) is 29.5 Å². The number of amides is 2. The van der Waals surface area contributed by atoms with E-state index in [1.54, 1.807) is 43.1 Å². The van der Waals surface area contributed by atoms with Gasteiger partial charge in [0.25, 0.3) is 5.56 Å². The van der Waals surface area contributed by atoms with Crippen LogP contribution in [-0.4, -0.2) is 45.3 Å². The second-order valence-electron chi connectivity index (χ2n) is 9.05. The zero-order chi connectivity index (χ0) is 24.7. The van der Waals surface area contributed by atoms with Gasteiger partial charge in [-0.1, -0.05) is 19.9 Å². The molecule has 0 fully saturated rings. The highest BCUT2D eigenvalue weighted by Gasteiger charge is 2.11. The first-order chi connectivity index (χ1) is 16.2. The Kier molecular flexibility index (Phi) is 8.40. The highest BCUT2D eigenvalue weighted by molar-refractivity contribution is 5.90. The van der Waals surface area contributed by atoms with Crippen LogP contribution in [0, 0.1) is 5.92 Å². The third kappa shape index (κ3) is 6.66. The number of anilines is 1. The van der Waals surface area contributed by atoms with Gasteiger partial charge in [0, 0.05) is 38.6 Å². The normalized spacial score (nSPS) is 11.4. The third-order valence-corrected chi connectivity index (χ3v) is 5.40. The van der Waals surface area contributed by atoms with E-state index in [0.717, 1.165) is 23.1 Å². The van der Waals surface area contributed by atoms with Gasteiger partial charge >= 0.3 is 0 Å². The van der Waals surface area contributed by atoms with Crippen LogP contribution in [0.25, 0.3) is 11.0 Å². The molecule has 2 N–H and O–H groups in total.